The second-order valence-corrected chi connectivity index (χ2v) is 6.17. The van der Waals surface area contributed by atoms with Crippen molar-refractivity contribution < 1.29 is 5.11 Å². The van der Waals surface area contributed by atoms with Gasteiger partial charge in [-0.3, -0.25) is 9.58 Å². The Labute approximate surface area is 125 Å². The number of nitrogens with zero attached hydrogens (tertiary/aromatic N) is 4. The first-order valence-electron chi connectivity index (χ1n) is 7.53. The Morgan fingerprint density at radius 3 is 2.81 bits per heavy atom. The van der Waals surface area contributed by atoms with Gasteiger partial charge in [-0.1, -0.05) is 18.2 Å². The Bertz CT molecular complexity index is 624. The minimum absolute atomic E-state index is 0.171. The lowest BCUT2D eigenvalue weighted by Crippen LogP contribution is -2.55. The van der Waals surface area contributed by atoms with Gasteiger partial charge in [-0.25, -0.2) is 0 Å². The molecule has 21 heavy (non-hydrogen) atoms. The molecule has 2 heterocycles. The molecule has 0 spiro atoms. The molecule has 1 saturated heterocycles. The van der Waals surface area contributed by atoms with E-state index in [1.165, 1.54) is 0 Å². The first kappa shape index (κ1) is 14.5. The highest BCUT2D eigenvalue weighted by Crippen LogP contribution is 2.21. The van der Waals surface area contributed by atoms with Crippen molar-refractivity contribution in [1.82, 2.24) is 19.6 Å². The molecule has 0 saturated carbocycles. The molecule has 2 atom stereocenters. The first-order valence-corrected chi connectivity index (χ1v) is 7.53. The maximum Gasteiger partial charge on any atom is 0.0763 e. The second-order valence-electron chi connectivity index (χ2n) is 6.17. The fourth-order valence-electron chi connectivity index (χ4n) is 3.23. The summed E-state index contributed by atoms with van der Waals surface area (Å²) < 4.78 is 1.90. The number of aliphatic hydroxyl groups is 1. The summed E-state index contributed by atoms with van der Waals surface area (Å²) in [6.07, 6.45) is 0.209. The van der Waals surface area contributed by atoms with E-state index in [4.69, 9.17) is 0 Å². The number of hydrogen-bond acceptors (Lipinski definition) is 4. The molecule has 1 aliphatic heterocycles. The summed E-state index contributed by atoms with van der Waals surface area (Å²) in [6.45, 7) is 2.97. The molecule has 114 valence electrons. The van der Waals surface area contributed by atoms with Crippen molar-refractivity contribution in [2.24, 2.45) is 7.05 Å². The van der Waals surface area contributed by atoms with Crippen LogP contribution < -0.4 is 0 Å². The van der Waals surface area contributed by atoms with E-state index in [1.807, 2.05) is 23.9 Å². The van der Waals surface area contributed by atoms with Gasteiger partial charge in [0.05, 0.1) is 17.3 Å². The van der Waals surface area contributed by atoms with Crippen LogP contribution in [0, 0.1) is 0 Å². The van der Waals surface area contributed by atoms with Crippen LogP contribution in [0.25, 0.3) is 10.9 Å². The van der Waals surface area contributed by atoms with E-state index >= 15 is 0 Å². The number of aliphatic hydroxyl groups excluding tert-OH is 1. The number of aryl methyl sites for hydroxylation is 1. The number of para-hydroxylation sites is 1. The maximum atomic E-state index is 10.7. The third-order valence-corrected chi connectivity index (χ3v) is 4.58. The van der Waals surface area contributed by atoms with Crippen molar-refractivity contribution in [3.05, 3.63) is 30.0 Å². The topological polar surface area (TPSA) is 44.5 Å². The van der Waals surface area contributed by atoms with Crippen LogP contribution in [0.5, 0.6) is 0 Å². The SMILES string of the molecule is CN1CCN(C)C(C(O)Cc2nn(C)c3ccccc23)C1. The number of rotatable bonds is 3. The minimum atomic E-state index is -0.393. The summed E-state index contributed by atoms with van der Waals surface area (Å²) >= 11 is 0. The molecule has 0 bridgehead atoms. The van der Waals surface area contributed by atoms with Crippen LogP contribution in [0.4, 0.5) is 0 Å². The number of benzene rings is 1. The summed E-state index contributed by atoms with van der Waals surface area (Å²) in [7, 11) is 6.17. The Balaban J connectivity index is 1.81. The largest absolute Gasteiger partial charge is 0.391 e. The fraction of sp³-hybridized carbons (Fsp3) is 0.562. The highest BCUT2D eigenvalue weighted by atomic mass is 16.3. The van der Waals surface area contributed by atoms with Crippen molar-refractivity contribution in [3.63, 3.8) is 0 Å². The van der Waals surface area contributed by atoms with Crippen LogP contribution in [-0.2, 0) is 13.5 Å². The van der Waals surface area contributed by atoms with E-state index in [-0.39, 0.29) is 6.04 Å². The molecule has 0 aliphatic carbocycles. The molecule has 1 aliphatic rings. The summed E-state index contributed by atoms with van der Waals surface area (Å²) in [5.41, 5.74) is 2.11. The molecule has 2 unspecified atom stereocenters. The normalized spacial score (nSPS) is 22.8. The van der Waals surface area contributed by atoms with Crippen LogP contribution in [-0.4, -0.2) is 70.6 Å². The van der Waals surface area contributed by atoms with Crippen LogP contribution in [0.15, 0.2) is 24.3 Å². The number of hydrogen-bond donors (Lipinski definition) is 1. The highest BCUT2D eigenvalue weighted by molar-refractivity contribution is 5.81. The smallest absolute Gasteiger partial charge is 0.0763 e. The average Bonchev–Trinajstić information content (AvgIpc) is 2.78. The number of likely N-dealkylation sites (N-methyl/N-ethyl adjacent to an activating group) is 2. The van der Waals surface area contributed by atoms with Crippen LogP contribution in [0.3, 0.4) is 0 Å². The molecular weight excluding hydrogens is 264 g/mol. The molecule has 3 rings (SSSR count). The highest BCUT2D eigenvalue weighted by Gasteiger charge is 2.29. The lowest BCUT2D eigenvalue weighted by atomic mass is 10.0. The number of aromatic nitrogens is 2. The third-order valence-electron chi connectivity index (χ3n) is 4.58. The van der Waals surface area contributed by atoms with Gasteiger partial charge in [0, 0.05) is 44.5 Å². The van der Waals surface area contributed by atoms with Crippen molar-refractivity contribution in [1.29, 1.82) is 0 Å². The monoisotopic (exact) mass is 288 g/mol. The summed E-state index contributed by atoms with van der Waals surface area (Å²) in [6, 6.07) is 8.37. The molecule has 5 heteroatoms. The van der Waals surface area contributed by atoms with Gasteiger partial charge >= 0.3 is 0 Å². The van der Waals surface area contributed by atoms with Crippen molar-refractivity contribution in [2.45, 2.75) is 18.6 Å². The van der Waals surface area contributed by atoms with Gasteiger partial charge in [0.15, 0.2) is 0 Å². The summed E-state index contributed by atoms with van der Waals surface area (Å²) in [5, 5.41) is 16.4. The van der Waals surface area contributed by atoms with Gasteiger partial charge in [0.1, 0.15) is 0 Å². The Morgan fingerprint density at radius 1 is 1.24 bits per heavy atom. The Morgan fingerprint density at radius 2 is 2.00 bits per heavy atom. The zero-order valence-electron chi connectivity index (χ0n) is 13.0. The quantitative estimate of drug-likeness (QED) is 0.904. The summed E-state index contributed by atoms with van der Waals surface area (Å²) in [5.74, 6) is 0. The molecule has 1 aromatic heterocycles. The predicted molar refractivity (Wildman–Crippen MR) is 84.3 cm³/mol. The summed E-state index contributed by atoms with van der Waals surface area (Å²) in [4.78, 5) is 4.54. The third kappa shape index (κ3) is 2.81. The van der Waals surface area contributed by atoms with E-state index in [0.29, 0.717) is 6.42 Å². The van der Waals surface area contributed by atoms with Gasteiger partial charge in [0.2, 0.25) is 0 Å². The number of fused-ring (bicyclic) bond motifs is 1. The zero-order chi connectivity index (χ0) is 15.0. The lowest BCUT2D eigenvalue weighted by molar-refractivity contribution is 0.0149. The Hall–Kier alpha value is -1.43. The van der Waals surface area contributed by atoms with E-state index in [1.54, 1.807) is 0 Å². The van der Waals surface area contributed by atoms with Gasteiger partial charge in [0.25, 0.3) is 0 Å². The van der Waals surface area contributed by atoms with Gasteiger partial charge in [-0.15, -0.1) is 0 Å². The molecule has 2 aromatic rings. The maximum absolute atomic E-state index is 10.7. The molecule has 1 fully saturated rings. The van der Waals surface area contributed by atoms with E-state index in [2.05, 4.69) is 41.1 Å². The van der Waals surface area contributed by atoms with Crippen molar-refractivity contribution >= 4 is 10.9 Å². The number of piperazine rings is 1. The molecule has 0 amide bonds. The van der Waals surface area contributed by atoms with E-state index in [9.17, 15) is 5.11 Å². The van der Waals surface area contributed by atoms with E-state index < -0.39 is 6.10 Å². The van der Waals surface area contributed by atoms with Crippen LogP contribution >= 0.6 is 0 Å². The molecular formula is C16H24N4O. The Kier molecular flexibility index (Phi) is 3.97. The lowest BCUT2D eigenvalue weighted by Gasteiger charge is -2.40. The molecule has 1 N–H and O–H groups in total. The van der Waals surface area contributed by atoms with Gasteiger partial charge in [-0.05, 0) is 20.2 Å². The minimum Gasteiger partial charge on any atom is -0.391 e. The average molecular weight is 288 g/mol. The standard InChI is InChI=1S/C16H24N4O/c1-18-8-9-19(2)15(11-18)16(21)10-13-12-6-4-5-7-14(12)20(3)17-13/h4-7,15-16,21H,8-11H2,1-3H3. The molecule has 5 nitrogen and oxygen atoms in total. The first-order chi connectivity index (χ1) is 10.1. The van der Waals surface area contributed by atoms with Crippen molar-refractivity contribution in [3.8, 4) is 0 Å². The predicted octanol–water partition coefficient (Wildman–Crippen LogP) is 0.722. The zero-order valence-corrected chi connectivity index (χ0v) is 13.0. The molecule has 1 aromatic carbocycles. The van der Waals surface area contributed by atoms with Gasteiger partial charge < -0.3 is 10.0 Å². The fourth-order valence-corrected chi connectivity index (χ4v) is 3.23. The van der Waals surface area contributed by atoms with Crippen LogP contribution in [0.1, 0.15) is 5.69 Å². The van der Waals surface area contributed by atoms with E-state index in [0.717, 1.165) is 36.2 Å². The van der Waals surface area contributed by atoms with Crippen molar-refractivity contribution in [2.75, 3.05) is 33.7 Å². The second kappa shape index (κ2) is 5.75. The van der Waals surface area contributed by atoms with Crippen LogP contribution in [0.2, 0.25) is 0 Å². The molecule has 0 radical (unpaired) electrons. The van der Waals surface area contributed by atoms with Gasteiger partial charge in [-0.2, -0.15) is 5.10 Å².